The maximum atomic E-state index is 13.2. The minimum absolute atomic E-state index is 0.260. The Hall–Kier alpha value is -1.42. The molecule has 12 nitrogen and oxygen atoms in total. The van der Waals surface area contributed by atoms with Gasteiger partial charge in [0.1, 0.15) is 24.4 Å². The molecule has 1 rings (SSSR count). The predicted molar refractivity (Wildman–Crippen MR) is 315 cm³/mol. The van der Waals surface area contributed by atoms with Crippen molar-refractivity contribution in [1.29, 1.82) is 0 Å². The number of nitrogens with one attached hydrogen (secondary N) is 1. The van der Waals surface area contributed by atoms with Crippen LogP contribution in [-0.4, -0.2) is 95.4 Å². The van der Waals surface area contributed by atoms with Crippen LogP contribution in [0.2, 0.25) is 0 Å². The van der Waals surface area contributed by atoms with Crippen molar-refractivity contribution >= 4 is 16.3 Å². The second-order valence-corrected chi connectivity index (χ2v) is 23.8. The van der Waals surface area contributed by atoms with Crippen LogP contribution in [0.1, 0.15) is 316 Å². The van der Waals surface area contributed by atoms with E-state index in [1.54, 1.807) is 6.08 Å². The van der Waals surface area contributed by atoms with Crippen molar-refractivity contribution in [2.24, 2.45) is 0 Å². The van der Waals surface area contributed by atoms with Crippen molar-refractivity contribution in [3.8, 4) is 0 Å². The van der Waals surface area contributed by atoms with Gasteiger partial charge in [0, 0.05) is 6.42 Å². The zero-order valence-corrected chi connectivity index (χ0v) is 49.9. The smallest absolute Gasteiger partial charge is 0.394 e. The van der Waals surface area contributed by atoms with Crippen molar-refractivity contribution in [3.63, 3.8) is 0 Å². The normalized spacial score (nSPS) is 19.1. The van der Waals surface area contributed by atoms with Gasteiger partial charge >= 0.3 is 10.4 Å². The second kappa shape index (κ2) is 52.9. The molecule has 450 valence electrons. The molecule has 7 unspecified atom stereocenters. The van der Waals surface area contributed by atoms with Crippen molar-refractivity contribution in [1.82, 2.24) is 5.32 Å². The summed E-state index contributed by atoms with van der Waals surface area (Å²) in [6, 6.07) is -0.946. The Morgan fingerprint density at radius 3 is 1.18 bits per heavy atom. The Balaban J connectivity index is 2.32. The average Bonchev–Trinajstić information content (AvgIpc) is 3.40. The zero-order valence-electron chi connectivity index (χ0n) is 49.1. The molecule has 1 amide bonds. The quantitative estimate of drug-likeness (QED) is 0.0193. The second-order valence-electron chi connectivity index (χ2n) is 22.7. The number of aliphatic hydroxyl groups excluding tert-OH is 4. The van der Waals surface area contributed by atoms with E-state index in [2.05, 4.69) is 35.5 Å². The molecule has 1 aliphatic heterocycles. The van der Waals surface area contributed by atoms with E-state index in [9.17, 15) is 38.2 Å². The van der Waals surface area contributed by atoms with Crippen LogP contribution in [0.25, 0.3) is 0 Å². The third kappa shape index (κ3) is 44.3. The summed E-state index contributed by atoms with van der Waals surface area (Å²) < 4.78 is 48.0. The van der Waals surface area contributed by atoms with E-state index in [0.29, 0.717) is 6.42 Å². The predicted octanol–water partition coefficient (Wildman–Crippen LogP) is 16.0. The molecule has 76 heavy (non-hydrogen) atoms. The van der Waals surface area contributed by atoms with Crippen LogP contribution in [0.4, 0.5) is 0 Å². The molecule has 7 atom stereocenters. The summed E-state index contributed by atoms with van der Waals surface area (Å²) >= 11 is 0. The minimum atomic E-state index is -5.09. The first-order valence-corrected chi connectivity index (χ1v) is 33.6. The Kier molecular flexibility index (Phi) is 50.6. The fourth-order valence-electron chi connectivity index (χ4n) is 10.5. The largest absolute Gasteiger partial charge is 0.397 e. The maximum Gasteiger partial charge on any atom is 0.397 e. The summed E-state index contributed by atoms with van der Waals surface area (Å²) in [4.78, 5) is 13.2. The fraction of sp³-hybridized carbons (Fsp3) is 0.921. The third-order valence-electron chi connectivity index (χ3n) is 15.5. The minimum Gasteiger partial charge on any atom is -0.394 e. The van der Waals surface area contributed by atoms with Crippen LogP contribution in [0.5, 0.6) is 0 Å². The molecule has 13 heteroatoms. The van der Waals surface area contributed by atoms with E-state index < -0.39 is 59.9 Å². The molecule has 0 radical (unpaired) electrons. The van der Waals surface area contributed by atoms with Crippen molar-refractivity contribution < 1.29 is 51.8 Å². The van der Waals surface area contributed by atoms with Crippen LogP contribution in [0, 0.1) is 0 Å². The number of hydrogen-bond donors (Lipinski definition) is 6. The number of carbonyl (C=O) groups is 1. The van der Waals surface area contributed by atoms with Crippen molar-refractivity contribution in [3.05, 3.63) is 24.3 Å². The van der Waals surface area contributed by atoms with Crippen LogP contribution >= 0.6 is 0 Å². The van der Waals surface area contributed by atoms with Gasteiger partial charge in [-0.05, 0) is 44.9 Å². The van der Waals surface area contributed by atoms with E-state index in [1.807, 2.05) is 6.08 Å². The van der Waals surface area contributed by atoms with Crippen molar-refractivity contribution in [2.45, 2.75) is 358 Å². The highest BCUT2D eigenvalue weighted by Gasteiger charge is 2.48. The summed E-state index contributed by atoms with van der Waals surface area (Å²) in [7, 11) is -5.09. The average molecular weight is 1100 g/mol. The fourth-order valence-corrected chi connectivity index (χ4v) is 11.0. The lowest BCUT2D eigenvalue weighted by Crippen LogP contribution is -2.61. The first-order chi connectivity index (χ1) is 37.0. The van der Waals surface area contributed by atoms with Gasteiger partial charge in [0.25, 0.3) is 0 Å². The number of amides is 1. The molecule has 1 fully saturated rings. The summed E-state index contributed by atoms with van der Waals surface area (Å²) in [5.74, 6) is -0.260. The molecule has 0 aliphatic carbocycles. The summed E-state index contributed by atoms with van der Waals surface area (Å²) in [6.45, 7) is 3.45. The molecule has 0 bridgehead atoms. The molecule has 0 spiro atoms. The zero-order chi connectivity index (χ0) is 55.4. The molecular formula is C63H121NO11S. The lowest BCUT2D eigenvalue weighted by Gasteiger charge is -2.41. The number of allylic oxidation sites excluding steroid dienone is 3. The van der Waals surface area contributed by atoms with Crippen LogP contribution in [0.3, 0.4) is 0 Å². The molecule has 0 aromatic carbocycles. The molecule has 0 aromatic rings. The highest BCUT2D eigenvalue weighted by molar-refractivity contribution is 7.80. The lowest BCUT2D eigenvalue weighted by atomic mass is 9.99. The number of unbranched alkanes of at least 4 members (excludes halogenated alkanes) is 43. The van der Waals surface area contributed by atoms with Crippen LogP contribution in [0.15, 0.2) is 24.3 Å². The van der Waals surface area contributed by atoms with Crippen LogP contribution in [-0.2, 0) is 28.9 Å². The highest BCUT2D eigenvalue weighted by atomic mass is 32.3. The molecular weight excluding hydrogens is 979 g/mol. The molecule has 0 aromatic heterocycles. The number of rotatable bonds is 57. The highest BCUT2D eigenvalue weighted by Crippen LogP contribution is 2.26. The Morgan fingerprint density at radius 1 is 0.513 bits per heavy atom. The Morgan fingerprint density at radius 2 is 0.842 bits per heavy atom. The van der Waals surface area contributed by atoms with E-state index in [-0.39, 0.29) is 18.9 Å². The number of carbonyl (C=O) groups excluding carboxylic acids is 1. The van der Waals surface area contributed by atoms with Gasteiger partial charge in [-0.3, -0.25) is 9.35 Å². The number of ether oxygens (including phenoxy) is 2. The molecule has 6 N–H and O–H groups in total. The maximum absolute atomic E-state index is 13.2. The van der Waals surface area contributed by atoms with Gasteiger partial charge in [0.05, 0.1) is 25.4 Å². The third-order valence-corrected chi connectivity index (χ3v) is 15.9. The summed E-state index contributed by atoms with van der Waals surface area (Å²) in [5, 5.41) is 45.1. The summed E-state index contributed by atoms with van der Waals surface area (Å²) in [6.07, 6.45) is 58.0. The van der Waals surface area contributed by atoms with E-state index >= 15 is 0 Å². The molecule has 1 heterocycles. The van der Waals surface area contributed by atoms with E-state index in [1.165, 1.54) is 244 Å². The van der Waals surface area contributed by atoms with Crippen molar-refractivity contribution in [2.75, 3.05) is 13.2 Å². The molecule has 1 aliphatic rings. The molecule has 1 saturated heterocycles. The number of hydrogen-bond acceptors (Lipinski definition) is 10. The number of aliphatic hydroxyl groups is 4. The van der Waals surface area contributed by atoms with Gasteiger partial charge in [-0.1, -0.05) is 289 Å². The topological polar surface area (TPSA) is 192 Å². The summed E-state index contributed by atoms with van der Waals surface area (Å²) in [5.41, 5.74) is 0. The monoisotopic (exact) mass is 1100 g/mol. The Bertz CT molecular complexity index is 1430. The van der Waals surface area contributed by atoms with E-state index in [4.69, 9.17) is 9.47 Å². The van der Waals surface area contributed by atoms with Crippen LogP contribution < -0.4 is 5.32 Å². The van der Waals surface area contributed by atoms with E-state index in [0.717, 1.165) is 44.9 Å². The SMILES string of the molecule is CCCCCCCCCCCCCC/C=C\CCCCCCCCCCC(=O)NC(COC1OC(CO)C(O)C(OS(=O)(=O)O)C1O)C(O)/C=C/CCCCCCCCCCCCCCCCCCCCCCCCC. The Labute approximate surface area is 467 Å². The van der Waals surface area contributed by atoms with Gasteiger partial charge in [-0.2, -0.15) is 8.42 Å². The molecule has 0 saturated carbocycles. The van der Waals surface area contributed by atoms with Gasteiger partial charge < -0.3 is 35.2 Å². The first kappa shape index (κ1) is 72.6. The van der Waals surface area contributed by atoms with Gasteiger partial charge in [-0.15, -0.1) is 0 Å². The van der Waals surface area contributed by atoms with Gasteiger partial charge in [0.2, 0.25) is 5.91 Å². The first-order valence-electron chi connectivity index (χ1n) is 32.2. The standard InChI is InChI=1S/C63H121NO11S/c1-3-5-7-9-11-13-15-17-19-21-23-25-27-29-30-32-34-36-38-40-42-44-46-48-50-52-57(66)56(55-73-63-61(69)62(75-76(70,71)72)60(68)58(54-65)74-63)64-59(67)53-51-49-47-45-43-41-39-37-35-33-31-28-26-24-22-20-18-16-14-12-10-8-6-4-2/h31,33,50,52,56-58,60-63,65-66,68-69H,3-30,32,34-49,51,53-55H2,1-2H3,(H,64,67)(H,70,71,72)/b33-31-,52-50+. The lowest BCUT2D eigenvalue weighted by molar-refractivity contribution is -0.298. The van der Waals surface area contributed by atoms with Gasteiger partial charge in [0.15, 0.2) is 6.29 Å². The van der Waals surface area contributed by atoms with Gasteiger partial charge in [-0.25, -0.2) is 4.18 Å².